The number of ether oxygens (including phenoxy) is 1. The second-order valence-corrected chi connectivity index (χ2v) is 7.61. The molecule has 2 aliphatic rings. The van der Waals surface area contributed by atoms with Gasteiger partial charge >= 0.3 is 0 Å². The molecule has 2 fully saturated rings. The Morgan fingerprint density at radius 2 is 2.00 bits per heavy atom. The van der Waals surface area contributed by atoms with Crippen molar-refractivity contribution in [3.8, 4) is 0 Å². The molecule has 1 atom stereocenters. The van der Waals surface area contributed by atoms with Gasteiger partial charge in [-0.2, -0.15) is 0 Å². The number of anilines is 1. The number of hydrogen-bond acceptors (Lipinski definition) is 6. The van der Waals surface area contributed by atoms with Gasteiger partial charge in [0.2, 0.25) is 5.95 Å². The number of pyridine rings is 1. The third kappa shape index (κ3) is 4.02. The monoisotopic (exact) mass is 353 g/mol. The number of nitrogens with zero attached hydrogens (tertiary/aromatic N) is 5. The van der Waals surface area contributed by atoms with Crippen LogP contribution in [0.15, 0.2) is 36.7 Å². The third-order valence-corrected chi connectivity index (χ3v) is 5.35. The van der Waals surface area contributed by atoms with Gasteiger partial charge in [-0.1, -0.05) is 6.07 Å². The fourth-order valence-corrected chi connectivity index (χ4v) is 4.23. The lowest BCUT2D eigenvalue weighted by atomic mass is 9.80. The molecule has 4 heterocycles. The molecule has 0 saturated carbocycles. The summed E-state index contributed by atoms with van der Waals surface area (Å²) in [6.07, 6.45) is 6.02. The Bertz CT molecular complexity index is 725. The van der Waals surface area contributed by atoms with Crippen molar-refractivity contribution in [1.82, 2.24) is 19.9 Å². The van der Waals surface area contributed by atoms with E-state index in [4.69, 9.17) is 4.74 Å². The van der Waals surface area contributed by atoms with Gasteiger partial charge in [-0.3, -0.25) is 9.88 Å². The lowest BCUT2D eigenvalue weighted by molar-refractivity contribution is 0.0102. The molecular weight excluding hydrogens is 326 g/mol. The number of rotatable bonds is 3. The van der Waals surface area contributed by atoms with Gasteiger partial charge in [-0.05, 0) is 44.5 Å². The smallest absolute Gasteiger partial charge is 0.225 e. The molecule has 0 radical (unpaired) electrons. The maximum atomic E-state index is 6.02. The SMILES string of the molecule is Cc1cccc(CN2CCC[C@]3(COCCN(c4ncccn4)C3)C2)n1. The molecule has 6 heteroatoms. The first-order valence-corrected chi connectivity index (χ1v) is 9.47. The lowest BCUT2D eigenvalue weighted by Gasteiger charge is -2.43. The first kappa shape index (κ1) is 17.4. The van der Waals surface area contributed by atoms with Crippen LogP contribution in [0, 0.1) is 12.3 Å². The van der Waals surface area contributed by atoms with Crippen molar-refractivity contribution in [1.29, 1.82) is 0 Å². The average Bonchev–Trinajstić information content (AvgIpc) is 2.85. The van der Waals surface area contributed by atoms with Crippen molar-refractivity contribution < 1.29 is 4.74 Å². The molecule has 2 saturated heterocycles. The van der Waals surface area contributed by atoms with E-state index in [1.54, 1.807) is 0 Å². The van der Waals surface area contributed by atoms with Crippen LogP contribution in [0.3, 0.4) is 0 Å². The molecule has 2 aromatic rings. The molecule has 0 bridgehead atoms. The molecule has 2 aromatic heterocycles. The largest absolute Gasteiger partial charge is 0.379 e. The van der Waals surface area contributed by atoms with Crippen LogP contribution in [0.4, 0.5) is 5.95 Å². The van der Waals surface area contributed by atoms with E-state index < -0.39 is 0 Å². The lowest BCUT2D eigenvalue weighted by Crippen LogP contribution is -2.50. The Morgan fingerprint density at radius 1 is 1.12 bits per heavy atom. The van der Waals surface area contributed by atoms with Gasteiger partial charge in [-0.15, -0.1) is 0 Å². The van der Waals surface area contributed by atoms with E-state index in [1.807, 2.05) is 18.5 Å². The zero-order chi connectivity index (χ0) is 17.8. The Kier molecular flexibility index (Phi) is 5.13. The van der Waals surface area contributed by atoms with Gasteiger partial charge in [0.15, 0.2) is 0 Å². The van der Waals surface area contributed by atoms with Gasteiger partial charge in [-0.25, -0.2) is 9.97 Å². The fourth-order valence-electron chi connectivity index (χ4n) is 4.23. The zero-order valence-electron chi connectivity index (χ0n) is 15.5. The van der Waals surface area contributed by atoms with Crippen molar-refractivity contribution in [2.45, 2.75) is 26.3 Å². The Balaban J connectivity index is 1.49. The zero-order valence-corrected chi connectivity index (χ0v) is 15.5. The minimum absolute atomic E-state index is 0.137. The number of aromatic nitrogens is 3. The van der Waals surface area contributed by atoms with Crippen LogP contribution >= 0.6 is 0 Å². The van der Waals surface area contributed by atoms with Gasteiger partial charge in [0.1, 0.15) is 0 Å². The second kappa shape index (κ2) is 7.68. The summed E-state index contributed by atoms with van der Waals surface area (Å²) in [5.41, 5.74) is 2.37. The Labute approximate surface area is 155 Å². The van der Waals surface area contributed by atoms with Gasteiger partial charge in [0.25, 0.3) is 0 Å². The van der Waals surface area contributed by atoms with E-state index in [-0.39, 0.29) is 5.41 Å². The summed E-state index contributed by atoms with van der Waals surface area (Å²) in [6.45, 7) is 8.47. The number of likely N-dealkylation sites (tertiary alicyclic amines) is 1. The summed E-state index contributed by atoms with van der Waals surface area (Å²) >= 11 is 0. The summed E-state index contributed by atoms with van der Waals surface area (Å²) in [6, 6.07) is 8.14. The molecule has 0 N–H and O–H groups in total. The predicted octanol–water partition coefficient (Wildman–Crippen LogP) is 2.30. The fraction of sp³-hybridized carbons (Fsp3) is 0.550. The number of piperidine rings is 1. The molecule has 0 aromatic carbocycles. The summed E-state index contributed by atoms with van der Waals surface area (Å²) in [5, 5.41) is 0. The molecule has 4 rings (SSSR count). The Morgan fingerprint density at radius 3 is 2.85 bits per heavy atom. The summed E-state index contributed by atoms with van der Waals surface area (Å²) in [5.74, 6) is 0.815. The van der Waals surface area contributed by atoms with Gasteiger partial charge < -0.3 is 9.64 Å². The highest BCUT2D eigenvalue weighted by Crippen LogP contribution is 2.34. The molecular formula is C20H27N5O. The number of hydrogen-bond donors (Lipinski definition) is 0. The third-order valence-electron chi connectivity index (χ3n) is 5.35. The van der Waals surface area contributed by atoms with Crippen molar-refractivity contribution in [2.24, 2.45) is 5.41 Å². The molecule has 0 unspecified atom stereocenters. The molecule has 2 aliphatic heterocycles. The van der Waals surface area contributed by atoms with Crippen molar-refractivity contribution in [3.63, 3.8) is 0 Å². The minimum Gasteiger partial charge on any atom is -0.379 e. The van der Waals surface area contributed by atoms with Crippen molar-refractivity contribution >= 4 is 5.95 Å². The molecule has 138 valence electrons. The maximum absolute atomic E-state index is 6.02. The quantitative estimate of drug-likeness (QED) is 0.844. The highest BCUT2D eigenvalue weighted by atomic mass is 16.5. The van der Waals surface area contributed by atoms with Crippen LogP contribution in [-0.4, -0.2) is 59.2 Å². The molecule has 0 amide bonds. The van der Waals surface area contributed by atoms with E-state index in [0.717, 1.165) is 63.3 Å². The highest BCUT2D eigenvalue weighted by molar-refractivity contribution is 5.29. The first-order valence-electron chi connectivity index (χ1n) is 9.47. The van der Waals surface area contributed by atoms with Crippen LogP contribution in [-0.2, 0) is 11.3 Å². The average molecular weight is 353 g/mol. The van der Waals surface area contributed by atoms with Gasteiger partial charge in [0.05, 0.1) is 18.9 Å². The first-order chi connectivity index (χ1) is 12.7. The predicted molar refractivity (Wildman–Crippen MR) is 101 cm³/mol. The van der Waals surface area contributed by atoms with Crippen LogP contribution < -0.4 is 4.90 Å². The van der Waals surface area contributed by atoms with Crippen LogP contribution in [0.2, 0.25) is 0 Å². The van der Waals surface area contributed by atoms with E-state index in [9.17, 15) is 0 Å². The molecule has 26 heavy (non-hydrogen) atoms. The van der Waals surface area contributed by atoms with Crippen molar-refractivity contribution in [3.05, 3.63) is 48.0 Å². The van der Waals surface area contributed by atoms with Crippen LogP contribution in [0.25, 0.3) is 0 Å². The van der Waals surface area contributed by atoms with E-state index in [0.29, 0.717) is 0 Å². The standard InChI is InChI=1S/C20H27N5O/c1-17-5-2-6-18(23-17)13-24-10-3-7-20(14-24)15-25(11-12-26-16-20)19-21-8-4-9-22-19/h2,4-6,8-9H,3,7,10-16H2,1H3/t20-/m0/s1. The highest BCUT2D eigenvalue weighted by Gasteiger charge is 2.39. The topological polar surface area (TPSA) is 54.4 Å². The van der Waals surface area contributed by atoms with E-state index in [2.05, 4.69) is 49.9 Å². The summed E-state index contributed by atoms with van der Waals surface area (Å²) in [4.78, 5) is 18.4. The Hall–Kier alpha value is -2.05. The maximum Gasteiger partial charge on any atom is 0.225 e. The van der Waals surface area contributed by atoms with Crippen LogP contribution in [0.1, 0.15) is 24.2 Å². The van der Waals surface area contributed by atoms with E-state index >= 15 is 0 Å². The second-order valence-electron chi connectivity index (χ2n) is 7.61. The van der Waals surface area contributed by atoms with Crippen LogP contribution in [0.5, 0.6) is 0 Å². The minimum atomic E-state index is 0.137. The summed E-state index contributed by atoms with van der Waals surface area (Å²) < 4.78 is 6.02. The molecule has 6 nitrogen and oxygen atoms in total. The number of aryl methyl sites for hydroxylation is 1. The van der Waals surface area contributed by atoms with Crippen molar-refractivity contribution in [2.75, 3.05) is 44.3 Å². The summed E-state index contributed by atoms with van der Waals surface area (Å²) in [7, 11) is 0. The molecule has 0 aliphatic carbocycles. The van der Waals surface area contributed by atoms with E-state index in [1.165, 1.54) is 12.8 Å². The van der Waals surface area contributed by atoms with Gasteiger partial charge in [0, 0.05) is 49.7 Å². The molecule has 1 spiro atoms. The normalized spacial score (nSPS) is 24.6.